The maximum absolute atomic E-state index is 14.6. The zero-order chi connectivity index (χ0) is 25.0. The summed E-state index contributed by atoms with van der Waals surface area (Å²) in [7, 11) is 1.51. The lowest BCUT2D eigenvalue weighted by atomic mass is 9.91. The van der Waals surface area contributed by atoms with Crippen LogP contribution in [0.5, 0.6) is 23.0 Å². The highest BCUT2D eigenvalue weighted by Gasteiger charge is 2.31. The van der Waals surface area contributed by atoms with Crippen molar-refractivity contribution in [3.8, 4) is 23.0 Å². The number of ether oxygens (including phenoxy) is 3. The smallest absolute Gasteiger partial charge is 0.172 e. The maximum Gasteiger partial charge on any atom is 0.172 e. The van der Waals surface area contributed by atoms with Crippen molar-refractivity contribution >= 4 is 5.76 Å². The molecule has 2 N–H and O–H groups in total. The predicted molar refractivity (Wildman–Crippen MR) is 132 cm³/mol. The van der Waals surface area contributed by atoms with Crippen molar-refractivity contribution in [2.75, 3.05) is 13.7 Å². The standard InChI is InChI=1S/C28H33FO5/c1-7-33-23-13-10-18(14-22(23)29)27-24(32-6)15-21-26(31)19(11-8-16(2)3)25(30)20(28(21)34-27)12-9-17(4)5/h8-10,13-14,30-31H,7,11-12,15H2,1-6H3. The average Bonchev–Trinajstić information content (AvgIpc) is 2.79. The normalized spacial score (nSPS) is 12.6. The minimum absolute atomic E-state index is 0.00402. The third-order valence-electron chi connectivity index (χ3n) is 5.66. The molecule has 0 aromatic heterocycles. The molecule has 5 nitrogen and oxygen atoms in total. The van der Waals surface area contributed by atoms with Gasteiger partial charge in [0.05, 0.1) is 13.7 Å². The second kappa shape index (κ2) is 10.7. The summed E-state index contributed by atoms with van der Waals surface area (Å²) in [5.41, 5.74) is 4.21. The summed E-state index contributed by atoms with van der Waals surface area (Å²) >= 11 is 0. The van der Waals surface area contributed by atoms with Gasteiger partial charge in [-0.2, -0.15) is 0 Å². The van der Waals surface area contributed by atoms with Gasteiger partial charge in [-0.05, 0) is 65.7 Å². The molecule has 1 heterocycles. The second-order valence-electron chi connectivity index (χ2n) is 8.75. The van der Waals surface area contributed by atoms with Crippen LogP contribution < -0.4 is 9.47 Å². The van der Waals surface area contributed by atoms with Crippen LogP contribution in [-0.4, -0.2) is 23.9 Å². The summed E-state index contributed by atoms with van der Waals surface area (Å²) in [5, 5.41) is 22.2. The van der Waals surface area contributed by atoms with Gasteiger partial charge in [-0.3, -0.25) is 0 Å². The van der Waals surface area contributed by atoms with Gasteiger partial charge in [0.15, 0.2) is 17.3 Å². The van der Waals surface area contributed by atoms with E-state index in [0.29, 0.717) is 59.0 Å². The number of phenolic OH excluding ortho intramolecular Hbond substituents is 2. The zero-order valence-electron chi connectivity index (χ0n) is 20.7. The van der Waals surface area contributed by atoms with E-state index >= 15 is 0 Å². The molecule has 34 heavy (non-hydrogen) atoms. The molecular formula is C28H33FO5. The number of rotatable bonds is 8. The summed E-state index contributed by atoms with van der Waals surface area (Å²) in [6.45, 7) is 10.0. The topological polar surface area (TPSA) is 68.2 Å². The Kier molecular flexibility index (Phi) is 7.92. The predicted octanol–water partition coefficient (Wildman–Crippen LogP) is 6.60. The fourth-order valence-corrected chi connectivity index (χ4v) is 3.86. The first-order valence-electron chi connectivity index (χ1n) is 11.4. The molecule has 0 amide bonds. The molecule has 3 rings (SSSR count). The molecule has 182 valence electrons. The van der Waals surface area contributed by atoms with Crippen molar-refractivity contribution in [1.82, 2.24) is 0 Å². The van der Waals surface area contributed by atoms with Crippen LogP contribution in [-0.2, 0) is 24.0 Å². The van der Waals surface area contributed by atoms with Gasteiger partial charge in [-0.1, -0.05) is 23.3 Å². The first kappa shape index (κ1) is 25.2. The Morgan fingerprint density at radius 1 is 1.03 bits per heavy atom. The van der Waals surface area contributed by atoms with Crippen LogP contribution in [0.2, 0.25) is 0 Å². The molecule has 0 spiro atoms. The van der Waals surface area contributed by atoms with Gasteiger partial charge in [0, 0.05) is 28.7 Å². The van der Waals surface area contributed by atoms with E-state index in [4.69, 9.17) is 14.2 Å². The Balaban J connectivity index is 2.17. The fourth-order valence-electron chi connectivity index (χ4n) is 3.86. The van der Waals surface area contributed by atoms with E-state index in [1.54, 1.807) is 19.1 Å². The van der Waals surface area contributed by atoms with Crippen molar-refractivity contribution in [3.05, 3.63) is 75.3 Å². The molecule has 0 radical (unpaired) electrons. The lowest BCUT2D eigenvalue weighted by Gasteiger charge is -2.27. The van der Waals surface area contributed by atoms with Crippen molar-refractivity contribution < 1.29 is 28.8 Å². The minimum atomic E-state index is -0.510. The first-order chi connectivity index (χ1) is 16.2. The summed E-state index contributed by atoms with van der Waals surface area (Å²) in [5.74, 6) is 0.805. The highest BCUT2D eigenvalue weighted by Crippen LogP contribution is 2.48. The summed E-state index contributed by atoms with van der Waals surface area (Å²) in [4.78, 5) is 0. The summed E-state index contributed by atoms with van der Waals surface area (Å²) in [6, 6.07) is 4.59. The molecular weight excluding hydrogens is 435 g/mol. The van der Waals surface area contributed by atoms with Crippen LogP contribution in [0.25, 0.3) is 5.76 Å². The van der Waals surface area contributed by atoms with Crippen LogP contribution in [0.4, 0.5) is 4.39 Å². The number of phenols is 2. The zero-order valence-corrected chi connectivity index (χ0v) is 20.7. The quantitative estimate of drug-likeness (QED) is 0.427. The lowest BCUT2D eigenvalue weighted by molar-refractivity contribution is 0.263. The molecule has 0 saturated carbocycles. The van der Waals surface area contributed by atoms with E-state index in [1.807, 2.05) is 39.8 Å². The van der Waals surface area contributed by atoms with Crippen molar-refractivity contribution in [3.63, 3.8) is 0 Å². The Labute approximate surface area is 200 Å². The number of methoxy groups -OCH3 is 1. The van der Waals surface area contributed by atoms with E-state index in [0.717, 1.165) is 11.1 Å². The molecule has 1 aliphatic rings. The second-order valence-corrected chi connectivity index (χ2v) is 8.75. The van der Waals surface area contributed by atoms with Crippen LogP contribution in [0.3, 0.4) is 0 Å². The highest BCUT2D eigenvalue weighted by atomic mass is 19.1. The van der Waals surface area contributed by atoms with Crippen LogP contribution >= 0.6 is 0 Å². The average molecular weight is 469 g/mol. The minimum Gasteiger partial charge on any atom is -0.507 e. The Hall–Kier alpha value is -3.41. The largest absolute Gasteiger partial charge is 0.507 e. The number of fused-ring (bicyclic) bond motifs is 1. The number of aromatic hydroxyl groups is 2. The number of hydrogen-bond acceptors (Lipinski definition) is 5. The third-order valence-corrected chi connectivity index (χ3v) is 5.66. The SMILES string of the molecule is CCOc1ccc(C2=C(OC)Cc3c(O)c(CC=C(C)C)c(O)c(CC=C(C)C)c3O2)cc1F. The molecule has 0 atom stereocenters. The van der Waals surface area contributed by atoms with Crippen molar-refractivity contribution in [2.24, 2.45) is 0 Å². The number of halogens is 1. The van der Waals surface area contributed by atoms with Crippen LogP contribution in [0.15, 0.2) is 47.3 Å². The molecule has 0 bridgehead atoms. The molecule has 6 heteroatoms. The van der Waals surface area contributed by atoms with Gasteiger partial charge < -0.3 is 24.4 Å². The Morgan fingerprint density at radius 3 is 2.24 bits per heavy atom. The Morgan fingerprint density at radius 2 is 1.68 bits per heavy atom. The van der Waals surface area contributed by atoms with Crippen molar-refractivity contribution in [1.29, 1.82) is 0 Å². The molecule has 1 aliphatic heterocycles. The van der Waals surface area contributed by atoms with Gasteiger partial charge in [0.25, 0.3) is 0 Å². The molecule has 2 aromatic carbocycles. The van der Waals surface area contributed by atoms with Gasteiger partial charge >= 0.3 is 0 Å². The van der Waals surface area contributed by atoms with Crippen LogP contribution in [0, 0.1) is 5.82 Å². The molecule has 0 aliphatic carbocycles. The summed E-state index contributed by atoms with van der Waals surface area (Å²) < 4.78 is 31.8. The third kappa shape index (κ3) is 5.22. The van der Waals surface area contributed by atoms with Gasteiger partial charge in [-0.15, -0.1) is 0 Å². The molecule has 0 saturated heterocycles. The van der Waals surface area contributed by atoms with E-state index < -0.39 is 5.82 Å². The van der Waals surface area contributed by atoms with Gasteiger partial charge in [0.2, 0.25) is 0 Å². The molecule has 2 aromatic rings. The van der Waals surface area contributed by atoms with E-state index in [1.165, 1.54) is 13.2 Å². The molecule has 0 unspecified atom stereocenters. The van der Waals surface area contributed by atoms with Crippen LogP contribution in [0.1, 0.15) is 56.9 Å². The highest BCUT2D eigenvalue weighted by molar-refractivity contribution is 5.73. The van der Waals surface area contributed by atoms with Gasteiger partial charge in [-0.25, -0.2) is 4.39 Å². The molecule has 0 fully saturated rings. The maximum atomic E-state index is 14.6. The number of hydrogen-bond donors (Lipinski definition) is 2. The van der Waals surface area contributed by atoms with Crippen molar-refractivity contribution in [2.45, 2.75) is 53.9 Å². The number of benzene rings is 2. The van der Waals surface area contributed by atoms with E-state index in [2.05, 4.69) is 0 Å². The summed E-state index contributed by atoms with van der Waals surface area (Å²) in [6.07, 6.45) is 5.00. The van der Waals surface area contributed by atoms with E-state index in [-0.39, 0.29) is 23.7 Å². The monoisotopic (exact) mass is 468 g/mol. The number of allylic oxidation sites excluding steroid dienone is 5. The lowest BCUT2D eigenvalue weighted by Crippen LogP contribution is -2.14. The van der Waals surface area contributed by atoms with Gasteiger partial charge in [0.1, 0.15) is 23.0 Å². The first-order valence-corrected chi connectivity index (χ1v) is 11.4. The van der Waals surface area contributed by atoms with E-state index in [9.17, 15) is 14.6 Å². The Bertz CT molecular complexity index is 1170. The fraction of sp³-hybridized carbons (Fsp3) is 0.357.